The summed E-state index contributed by atoms with van der Waals surface area (Å²) >= 11 is 1.83. The maximum Gasteiger partial charge on any atom is 0.433 e. The summed E-state index contributed by atoms with van der Waals surface area (Å²) in [5.41, 5.74) is -0.950. The summed E-state index contributed by atoms with van der Waals surface area (Å²) in [6.45, 7) is 2.45. The summed E-state index contributed by atoms with van der Waals surface area (Å²) in [6.07, 6.45) is -1.86. The average molecular weight is 360 g/mol. The first-order valence-corrected chi connectivity index (χ1v) is 9.12. The zero-order valence-electron chi connectivity index (χ0n) is 13.1. The van der Waals surface area contributed by atoms with Crippen LogP contribution < -0.4 is 4.90 Å². The van der Waals surface area contributed by atoms with Gasteiger partial charge in [-0.3, -0.25) is 4.79 Å². The van der Waals surface area contributed by atoms with Crippen molar-refractivity contribution in [3.05, 3.63) is 18.0 Å². The highest BCUT2D eigenvalue weighted by Gasteiger charge is 2.35. The first-order valence-electron chi connectivity index (χ1n) is 7.97. The van der Waals surface area contributed by atoms with Gasteiger partial charge in [0.15, 0.2) is 0 Å². The van der Waals surface area contributed by atoms with E-state index in [1.807, 2.05) is 16.7 Å². The number of hydrogen-bond acceptors (Lipinski definition) is 5. The van der Waals surface area contributed by atoms with E-state index in [-0.39, 0.29) is 17.8 Å². The van der Waals surface area contributed by atoms with Crippen molar-refractivity contribution in [3.8, 4) is 0 Å². The number of nitrogens with zero attached hydrogens (tertiary/aromatic N) is 4. The molecule has 24 heavy (non-hydrogen) atoms. The number of hydrogen-bond donors (Lipinski definition) is 0. The van der Waals surface area contributed by atoms with E-state index in [0.29, 0.717) is 13.1 Å². The first kappa shape index (κ1) is 17.3. The number of halogens is 3. The SMILES string of the molecule is O=C(C1CCCN(c2nccc(C(F)(F)F)n2)C1)N1CCSCC1. The van der Waals surface area contributed by atoms with E-state index in [4.69, 9.17) is 0 Å². The molecule has 3 rings (SSSR count). The van der Waals surface area contributed by atoms with Gasteiger partial charge in [0, 0.05) is 43.9 Å². The molecular formula is C15H19F3N4OS. The Morgan fingerprint density at radius 3 is 2.71 bits per heavy atom. The summed E-state index contributed by atoms with van der Waals surface area (Å²) in [5.74, 6) is 1.85. The van der Waals surface area contributed by atoms with Crippen LogP contribution in [0.1, 0.15) is 18.5 Å². The average Bonchev–Trinajstić information content (AvgIpc) is 2.61. The largest absolute Gasteiger partial charge is 0.433 e. The second-order valence-electron chi connectivity index (χ2n) is 5.96. The van der Waals surface area contributed by atoms with Crippen LogP contribution in [0.15, 0.2) is 12.3 Å². The Morgan fingerprint density at radius 1 is 1.25 bits per heavy atom. The van der Waals surface area contributed by atoms with Crippen LogP contribution in [0.2, 0.25) is 0 Å². The van der Waals surface area contributed by atoms with Crippen molar-refractivity contribution in [1.29, 1.82) is 0 Å². The van der Waals surface area contributed by atoms with E-state index < -0.39 is 11.9 Å². The van der Waals surface area contributed by atoms with Crippen molar-refractivity contribution < 1.29 is 18.0 Å². The molecule has 1 atom stereocenters. The number of rotatable bonds is 2. The Balaban J connectivity index is 1.70. The molecule has 2 saturated heterocycles. The van der Waals surface area contributed by atoms with E-state index in [2.05, 4.69) is 9.97 Å². The molecule has 9 heteroatoms. The fourth-order valence-electron chi connectivity index (χ4n) is 3.06. The molecule has 2 aliphatic heterocycles. The molecule has 1 aromatic heterocycles. The van der Waals surface area contributed by atoms with Crippen molar-refractivity contribution in [2.24, 2.45) is 5.92 Å². The van der Waals surface area contributed by atoms with Crippen molar-refractivity contribution in [2.75, 3.05) is 42.6 Å². The standard InChI is InChI=1S/C15H19F3N4OS/c16-15(17,18)12-3-4-19-14(20-12)22-5-1-2-11(10-22)13(23)21-6-8-24-9-7-21/h3-4,11H,1-2,5-10H2. The van der Waals surface area contributed by atoms with E-state index in [1.54, 1.807) is 4.90 Å². The summed E-state index contributed by atoms with van der Waals surface area (Å²) in [7, 11) is 0. The molecule has 2 fully saturated rings. The Kier molecular flexibility index (Phi) is 5.17. The highest BCUT2D eigenvalue weighted by atomic mass is 32.2. The Labute approximate surface area is 142 Å². The lowest BCUT2D eigenvalue weighted by Crippen LogP contribution is -2.47. The molecule has 5 nitrogen and oxygen atoms in total. The lowest BCUT2D eigenvalue weighted by atomic mass is 9.96. The number of amides is 1. The fourth-order valence-corrected chi connectivity index (χ4v) is 3.96. The van der Waals surface area contributed by atoms with Gasteiger partial charge < -0.3 is 9.80 Å². The number of thioether (sulfide) groups is 1. The van der Waals surface area contributed by atoms with Crippen molar-refractivity contribution in [3.63, 3.8) is 0 Å². The number of alkyl halides is 3. The third-order valence-corrected chi connectivity index (χ3v) is 5.25. The van der Waals surface area contributed by atoms with Crippen LogP contribution >= 0.6 is 11.8 Å². The molecule has 1 unspecified atom stereocenters. The summed E-state index contributed by atoms with van der Waals surface area (Å²) in [4.78, 5) is 23.8. The van der Waals surface area contributed by atoms with Gasteiger partial charge in [0.1, 0.15) is 5.69 Å². The maximum atomic E-state index is 12.8. The van der Waals surface area contributed by atoms with Gasteiger partial charge in [-0.1, -0.05) is 0 Å². The van der Waals surface area contributed by atoms with Gasteiger partial charge in [-0.15, -0.1) is 0 Å². The van der Waals surface area contributed by atoms with Gasteiger partial charge in [-0.25, -0.2) is 9.97 Å². The third-order valence-electron chi connectivity index (χ3n) is 4.31. The van der Waals surface area contributed by atoms with Gasteiger partial charge in [0.05, 0.1) is 5.92 Å². The minimum absolute atomic E-state index is 0.0523. The predicted molar refractivity (Wildman–Crippen MR) is 85.9 cm³/mol. The topological polar surface area (TPSA) is 49.3 Å². The van der Waals surface area contributed by atoms with Crippen molar-refractivity contribution >= 4 is 23.6 Å². The summed E-state index contributed by atoms with van der Waals surface area (Å²) in [6, 6.07) is 0.863. The monoisotopic (exact) mass is 360 g/mol. The second kappa shape index (κ2) is 7.16. The van der Waals surface area contributed by atoms with Crippen LogP contribution in [0.25, 0.3) is 0 Å². The van der Waals surface area contributed by atoms with E-state index in [9.17, 15) is 18.0 Å². The Bertz CT molecular complexity index is 592. The van der Waals surface area contributed by atoms with Crippen LogP contribution in [0.4, 0.5) is 19.1 Å². The molecule has 3 heterocycles. The molecule has 0 saturated carbocycles. The minimum atomic E-state index is -4.49. The highest BCUT2D eigenvalue weighted by Crippen LogP contribution is 2.29. The smallest absolute Gasteiger partial charge is 0.341 e. The number of carbonyl (C=O) groups excluding carboxylic acids is 1. The van der Waals surface area contributed by atoms with E-state index in [1.165, 1.54) is 0 Å². The fraction of sp³-hybridized carbons (Fsp3) is 0.667. The molecule has 0 aliphatic carbocycles. The maximum absolute atomic E-state index is 12.8. The van der Waals surface area contributed by atoms with Gasteiger partial charge in [-0.05, 0) is 18.9 Å². The Hall–Kier alpha value is -1.51. The minimum Gasteiger partial charge on any atom is -0.341 e. The molecule has 132 valence electrons. The molecular weight excluding hydrogens is 341 g/mol. The zero-order valence-corrected chi connectivity index (χ0v) is 13.9. The first-order chi connectivity index (χ1) is 11.4. The van der Waals surface area contributed by atoms with Crippen molar-refractivity contribution in [1.82, 2.24) is 14.9 Å². The second-order valence-corrected chi connectivity index (χ2v) is 7.19. The van der Waals surface area contributed by atoms with Gasteiger partial charge in [-0.2, -0.15) is 24.9 Å². The van der Waals surface area contributed by atoms with Crippen LogP contribution in [-0.2, 0) is 11.0 Å². The molecule has 0 aromatic carbocycles. The quantitative estimate of drug-likeness (QED) is 0.810. The molecule has 1 aromatic rings. The molecule has 2 aliphatic rings. The lowest BCUT2D eigenvalue weighted by Gasteiger charge is -2.36. The van der Waals surface area contributed by atoms with Gasteiger partial charge >= 0.3 is 6.18 Å². The van der Waals surface area contributed by atoms with Gasteiger partial charge in [0.2, 0.25) is 11.9 Å². The van der Waals surface area contributed by atoms with E-state index in [0.717, 1.165) is 49.7 Å². The third kappa shape index (κ3) is 3.93. The molecule has 0 bridgehead atoms. The van der Waals surface area contributed by atoms with Crippen LogP contribution in [0.3, 0.4) is 0 Å². The molecule has 0 spiro atoms. The number of anilines is 1. The number of carbonyl (C=O) groups is 1. The lowest BCUT2D eigenvalue weighted by molar-refractivity contribution is -0.141. The summed E-state index contributed by atoms with van der Waals surface area (Å²) < 4.78 is 38.4. The van der Waals surface area contributed by atoms with Gasteiger partial charge in [0.25, 0.3) is 0 Å². The highest BCUT2D eigenvalue weighted by molar-refractivity contribution is 7.99. The zero-order chi connectivity index (χ0) is 17.2. The van der Waals surface area contributed by atoms with Crippen LogP contribution in [-0.4, -0.2) is 58.5 Å². The van der Waals surface area contributed by atoms with Crippen LogP contribution in [0.5, 0.6) is 0 Å². The number of aromatic nitrogens is 2. The number of piperidine rings is 1. The van der Waals surface area contributed by atoms with E-state index >= 15 is 0 Å². The molecule has 0 N–H and O–H groups in total. The molecule has 1 amide bonds. The summed E-state index contributed by atoms with van der Waals surface area (Å²) in [5, 5.41) is 0. The van der Waals surface area contributed by atoms with Crippen LogP contribution in [0, 0.1) is 5.92 Å². The molecule has 0 radical (unpaired) electrons. The normalized spacial score (nSPS) is 22.5. The van der Waals surface area contributed by atoms with Crippen molar-refractivity contribution in [2.45, 2.75) is 19.0 Å². The Morgan fingerprint density at radius 2 is 2.00 bits per heavy atom. The predicted octanol–water partition coefficient (Wildman–Crippen LogP) is 2.29.